The quantitative estimate of drug-likeness (QED) is 0.545. The molecular weight excluding hydrogens is 260 g/mol. The molecule has 0 radical (unpaired) electrons. The maximum Gasteiger partial charge on any atom is 0.294 e. The summed E-state index contributed by atoms with van der Waals surface area (Å²) in [4.78, 5) is -0.00653. The van der Waals surface area contributed by atoms with Crippen LogP contribution in [-0.2, 0) is 16.5 Å². The van der Waals surface area contributed by atoms with Crippen molar-refractivity contribution in [1.82, 2.24) is 0 Å². The van der Waals surface area contributed by atoms with E-state index in [1.165, 1.54) is 44.6 Å². The van der Waals surface area contributed by atoms with E-state index in [1.54, 1.807) is 12.1 Å². The molecule has 0 amide bonds. The average Bonchev–Trinajstić information content (AvgIpc) is 2.37. The highest BCUT2D eigenvalue weighted by Gasteiger charge is 2.09. The molecule has 19 heavy (non-hydrogen) atoms. The summed E-state index contributed by atoms with van der Waals surface area (Å²) in [7, 11) is -4.07. The first-order chi connectivity index (χ1) is 9.04. The van der Waals surface area contributed by atoms with Gasteiger partial charge in [0.15, 0.2) is 0 Å². The van der Waals surface area contributed by atoms with Crippen LogP contribution < -0.4 is 0 Å². The summed E-state index contributed by atoms with van der Waals surface area (Å²) >= 11 is 0. The minimum absolute atomic E-state index is 0.00653. The van der Waals surface area contributed by atoms with E-state index in [1.807, 2.05) is 6.07 Å². The molecule has 0 aliphatic heterocycles. The molecule has 0 fully saturated rings. The van der Waals surface area contributed by atoms with Gasteiger partial charge in [-0.1, -0.05) is 57.6 Å². The van der Waals surface area contributed by atoms with Gasteiger partial charge in [-0.25, -0.2) is 0 Å². The summed E-state index contributed by atoms with van der Waals surface area (Å²) in [6.07, 6.45) is 9.56. The Labute approximate surface area is 116 Å². The van der Waals surface area contributed by atoms with Gasteiger partial charge >= 0.3 is 0 Å². The fourth-order valence-electron chi connectivity index (χ4n) is 2.15. The molecule has 0 saturated carbocycles. The zero-order valence-corrected chi connectivity index (χ0v) is 12.5. The van der Waals surface area contributed by atoms with E-state index in [-0.39, 0.29) is 4.90 Å². The van der Waals surface area contributed by atoms with Crippen LogP contribution >= 0.6 is 0 Å². The molecule has 3 nitrogen and oxygen atoms in total. The van der Waals surface area contributed by atoms with E-state index >= 15 is 0 Å². The molecule has 0 aliphatic rings. The third-order valence-corrected chi connectivity index (χ3v) is 4.11. The molecule has 1 rings (SSSR count). The topological polar surface area (TPSA) is 54.4 Å². The summed E-state index contributed by atoms with van der Waals surface area (Å²) in [6, 6.07) is 6.57. The molecule has 0 atom stereocenters. The first-order valence-corrected chi connectivity index (χ1v) is 8.54. The van der Waals surface area contributed by atoms with Crippen LogP contribution in [0.2, 0.25) is 0 Å². The smallest absolute Gasteiger partial charge is 0.282 e. The molecule has 4 heteroatoms. The third-order valence-electron chi connectivity index (χ3n) is 3.27. The molecule has 1 aromatic carbocycles. The van der Waals surface area contributed by atoms with Crippen molar-refractivity contribution in [3.8, 4) is 0 Å². The van der Waals surface area contributed by atoms with Crippen LogP contribution in [0.25, 0.3) is 0 Å². The van der Waals surface area contributed by atoms with Crippen LogP contribution in [0.3, 0.4) is 0 Å². The van der Waals surface area contributed by atoms with Crippen molar-refractivity contribution in [1.29, 1.82) is 0 Å². The maximum absolute atomic E-state index is 11.0. The van der Waals surface area contributed by atoms with Gasteiger partial charge < -0.3 is 0 Å². The Morgan fingerprint density at radius 1 is 1.00 bits per heavy atom. The second-order valence-electron chi connectivity index (χ2n) is 4.99. The van der Waals surface area contributed by atoms with E-state index in [0.29, 0.717) is 0 Å². The van der Waals surface area contributed by atoms with E-state index < -0.39 is 10.1 Å². The summed E-state index contributed by atoms with van der Waals surface area (Å²) in [5.41, 5.74) is 0.976. The Morgan fingerprint density at radius 2 is 1.63 bits per heavy atom. The lowest BCUT2D eigenvalue weighted by Crippen LogP contribution is -1.98. The second kappa shape index (κ2) is 8.33. The van der Waals surface area contributed by atoms with Crippen LogP contribution in [-0.4, -0.2) is 13.0 Å². The van der Waals surface area contributed by atoms with Gasteiger partial charge in [0.05, 0.1) is 4.90 Å². The van der Waals surface area contributed by atoms with Crippen molar-refractivity contribution in [3.05, 3.63) is 29.8 Å². The molecule has 0 saturated heterocycles. The van der Waals surface area contributed by atoms with Gasteiger partial charge in [-0.15, -0.1) is 0 Å². The van der Waals surface area contributed by atoms with E-state index in [4.69, 9.17) is 4.55 Å². The fraction of sp³-hybridized carbons (Fsp3) is 0.600. The summed E-state index contributed by atoms with van der Waals surface area (Å²) in [5.74, 6) is 0. The molecular formula is C15H24O3S. The SMILES string of the molecule is CCCCCCCCCc1cccc(S(=O)(=O)O)c1. The minimum Gasteiger partial charge on any atom is -0.282 e. The predicted molar refractivity (Wildman–Crippen MR) is 78.0 cm³/mol. The van der Waals surface area contributed by atoms with Crippen LogP contribution in [0.15, 0.2) is 29.2 Å². The number of unbranched alkanes of at least 4 members (excludes halogenated alkanes) is 6. The standard InChI is InChI=1S/C15H24O3S/c1-2-3-4-5-6-7-8-10-14-11-9-12-15(13-14)19(16,17)18/h9,11-13H,2-8,10H2,1H3,(H,16,17,18). The summed E-state index contributed by atoms with van der Waals surface area (Å²) in [5, 5.41) is 0. The molecule has 0 spiro atoms. The summed E-state index contributed by atoms with van der Waals surface area (Å²) < 4.78 is 31.0. The van der Waals surface area contributed by atoms with Crippen LogP contribution in [0.5, 0.6) is 0 Å². The highest BCUT2D eigenvalue weighted by Crippen LogP contribution is 2.14. The van der Waals surface area contributed by atoms with Gasteiger partial charge in [0, 0.05) is 0 Å². The van der Waals surface area contributed by atoms with Crippen molar-refractivity contribution < 1.29 is 13.0 Å². The molecule has 1 aromatic rings. The van der Waals surface area contributed by atoms with Crippen LogP contribution in [0, 0.1) is 0 Å². The first kappa shape index (κ1) is 16.2. The Morgan fingerprint density at radius 3 is 2.26 bits per heavy atom. The highest BCUT2D eigenvalue weighted by atomic mass is 32.2. The monoisotopic (exact) mass is 284 g/mol. The fourth-order valence-corrected chi connectivity index (χ4v) is 2.70. The lowest BCUT2D eigenvalue weighted by atomic mass is 10.0. The molecule has 108 valence electrons. The molecule has 0 bridgehead atoms. The van der Waals surface area contributed by atoms with Crippen molar-refractivity contribution in [2.75, 3.05) is 0 Å². The lowest BCUT2D eigenvalue weighted by molar-refractivity contribution is 0.483. The molecule has 0 unspecified atom stereocenters. The molecule has 0 aromatic heterocycles. The minimum atomic E-state index is -4.07. The zero-order chi connectivity index (χ0) is 14.1. The number of aryl methyl sites for hydroxylation is 1. The highest BCUT2D eigenvalue weighted by molar-refractivity contribution is 7.85. The Kier molecular flexibility index (Phi) is 7.10. The van der Waals surface area contributed by atoms with Crippen molar-refractivity contribution in [2.24, 2.45) is 0 Å². The Hall–Kier alpha value is -0.870. The second-order valence-corrected chi connectivity index (χ2v) is 6.42. The van der Waals surface area contributed by atoms with Crippen LogP contribution in [0.1, 0.15) is 57.4 Å². The van der Waals surface area contributed by atoms with Gasteiger partial charge in [0.1, 0.15) is 0 Å². The molecule has 0 aliphatic carbocycles. The van der Waals surface area contributed by atoms with Crippen molar-refractivity contribution in [2.45, 2.75) is 63.2 Å². The normalized spacial score (nSPS) is 11.7. The number of benzene rings is 1. The first-order valence-electron chi connectivity index (χ1n) is 7.10. The molecule has 0 heterocycles. The van der Waals surface area contributed by atoms with E-state index in [0.717, 1.165) is 18.4 Å². The lowest BCUT2D eigenvalue weighted by Gasteiger charge is -2.04. The number of hydrogen-bond acceptors (Lipinski definition) is 2. The van der Waals surface area contributed by atoms with Gasteiger partial charge in [0.25, 0.3) is 10.1 Å². The van der Waals surface area contributed by atoms with E-state index in [9.17, 15) is 8.42 Å². The van der Waals surface area contributed by atoms with Crippen molar-refractivity contribution in [3.63, 3.8) is 0 Å². The number of hydrogen-bond donors (Lipinski definition) is 1. The van der Waals surface area contributed by atoms with E-state index in [2.05, 4.69) is 6.92 Å². The Balaban J connectivity index is 2.30. The predicted octanol–water partition coefficient (Wildman–Crippen LogP) is 4.23. The van der Waals surface area contributed by atoms with Gasteiger partial charge in [-0.2, -0.15) is 8.42 Å². The zero-order valence-electron chi connectivity index (χ0n) is 11.6. The van der Waals surface area contributed by atoms with Crippen molar-refractivity contribution >= 4 is 10.1 Å². The molecule has 1 N–H and O–H groups in total. The van der Waals surface area contributed by atoms with Crippen LogP contribution in [0.4, 0.5) is 0 Å². The third kappa shape index (κ3) is 6.73. The maximum atomic E-state index is 11.0. The Bertz CT molecular complexity index is 466. The van der Waals surface area contributed by atoms with Gasteiger partial charge in [-0.05, 0) is 30.5 Å². The number of rotatable bonds is 9. The van der Waals surface area contributed by atoms with Gasteiger partial charge in [-0.3, -0.25) is 4.55 Å². The summed E-state index contributed by atoms with van der Waals surface area (Å²) in [6.45, 7) is 2.21. The average molecular weight is 284 g/mol. The van der Waals surface area contributed by atoms with Gasteiger partial charge in [0.2, 0.25) is 0 Å². The largest absolute Gasteiger partial charge is 0.294 e.